The van der Waals surface area contributed by atoms with Crippen LogP contribution in [0, 0.1) is 0 Å². The SMILES string of the molecule is CNc1ccc(CN(C)C2CCC2)cn1. The molecular weight excluding hydrogens is 186 g/mol. The van der Waals surface area contributed by atoms with Crippen molar-refractivity contribution in [1.82, 2.24) is 9.88 Å². The highest BCUT2D eigenvalue weighted by molar-refractivity contribution is 5.34. The lowest BCUT2D eigenvalue weighted by molar-refractivity contribution is 0.152. The Hall–Kier alpha value is -1.09. The molecule has 82 valence electrons. The molecule has 0 bridgehead atoms. The number of nitrogens with zero attached hydrogens (tertiary/aromatic N) is 2. The molecule has 2 rings (SSSR count). The third-order valence-electron chi connectivity index (χ3n) is 3.21. The summed E-state index contributed by atoms with van der Waals surface area (Å²) in [6.45, 7) is 1.02. The van der Waals surface area contributed by atoms with E-state index < -0.39 is 0 Å². The van der Waals surface area contributed by atoms with Crippen LogP contribution in [-0.2, 0) is 6.54 Å². The van der Waals surface area contributed by atoms with Gasteiger partial charge in [-0.1, -0.05) is 12.5 Å². The van der Waals surface area contributed by atoms with Crippen LogP contribution >= 0.6 is 0 Å². The zero-order valence-corrected chi connectivity index (χ0v) is 9.53. The molecule has 0 saturated heterocycles. The quantitative estimate of drug-likeness (QED) is 0.816. The molecule has 0 spiro atoms. The maximum Gasteiger partial charge on any atom is 0.125 e. The van der Waals surface area contributed by atoms with Crippen LogP contribution in [0.2, 0.25) is 0 Å². The zero-order chi connectivity index (χ0) is 10.7. The number of rotatable bonds is 4. The number of aromatic nitrogens is 1. The van der Waals surface area contributed by atoms with Gasteiger partial charge in [-0.2, -0.15) is 0 Å². The largest absolute Gasteiger partial charge is 0.373 e. The molecule has 1 aliphatic carbocycles. The fraction of sp³-hybridized carbons (Fsp3) is 0.583. The standard InChI is InChI=1S/C12H19N3/c1-13-12-7-6-10(8-14-12)9-15(2)11-4-3-5-11/h6-8,11H,3-5,9H2,1-2H3,(H,13,14). The third kappa shape index (κ3) is 2.48. The Bertz CT molecular complexity index is 303. The van der Waals surface area contributed by atoms with Gasteiger partial charge in [-0.15, -0.1) is 0 Å². The number of hydrogen-bond acceptors (Lipinski definition) is 3. The van der Waals surface area contributed by atoms with Crippen LogP contribution in [-0.4, -0.2) is 30.0 Å². The van der Waals surface area contributed by atoms with Gasteiger partial charge in [-0.25, -0.2) is 4.98 Å². The van der Waals surface area contributed by atoms with Gasteiger partial charge in [0, 0.05) is 25.8 Å². The highest BCUT2D eigenvalue weighted by Gasteiger charge is 2.21. The average Bonchev–Trinajstić information content (AvgIpc) is 2.16. The molecule has 0 radical (unpaired) electrons. The van der Waals surface area contributed by atoms with Crippen molar-refractivity contribution in [3.63, 3.8) is 0 Å². The molecule has 3 heteroatoms. The van der Waals surface area contributed by atoms with Crippen LogP contribution in [0.3, 0.4) is 0 Å². The second kappa shape index (κ2) is 4.62. The van der Waals surface area contributed by atoms with Gasteiger partial charge >= 0.3 is 0 Å². The zero-order valence-electron chi connectivity index (χ0n) is 9.53. The molecule has 1 fully saturated rings. The summed E-state index contributed by atoms with van der Waals surface area (Å²) in [4.78, 5) is 6.75. The van der Waals surface area contributed by atoms with Crippen molar-refractivity contribution in [2.45, 2.75) is 31.8 Å². The number of nitrogens with one attached hydrogen (secondary N) is 1. The Morgan fingerprint density at radius 1 is 1.47 bits per heavy atom. The highest BCUT2D eigenvalue weighted by Crippen LogP contribution is 2.24. The molecule has 3 nitrogen and oxygen atoms in total. The second-order valence-electron chi connectivity index (χ2n) is 4.30. The summed E-state index contributed by atoms with van der Waals surface area (Å²) >= 11 is 0. The molecule has 0 amide bonds. The fourth-order valence-electron chi connectivity index (χ4n) is 1.91. The number of hydrogen-bond donors (Lipinski definition) is 1. The molecule has 0 aromatic carbocycles. The minimum absolute atomic E-state index is 0.800. The maximum absolute atomic E-state index is 4.32. The summed E-state index contributed by atoms with van der Waals surface area (Å²) in [6, 6.07) is 4.98. The summed E-state index contributed by atoms with van der Waals surface area (Å²) in [5.41, 5.74) is 1.29. The van der Waals surface area contributed by atoms with Gasteiger partial charge in [0.2, 0.25) is 0 Å². The number of anilines is 1. The first-order chi connectivity index (χ1) is 7.29. The van der Waals surface area contributed by atoms with E-state index in [-0.39, 0.29) is 0 Å². The van der Waals surface area contributed by atoms with Crippen LogP contribution in [0.1, 0.15) is 24.8 Å². The molecule has 1 heterocycles. The van der Waals surface area contributed by atoms with Gasteiger partial charge in [0.25, 0.3) is 0 Å². The normalized spacial score (nSPS) is 16.5. The summed E-state index contributed by atoms with van der Waals surface area (Å²) < 4.78 is 0. The van der Waals surface area contributed by atoms with Gasteiger partial charge in [-0.3, -0.25) is 4.90 Å². The average molecular weight is 205 g/mol. The molecule has 1 aromatic rings. The smallest absolute Gasteiger partial charge is 0.125 e. The molecule has 15 heavy (non-hydrogen) atoms. The molecule has 1 aromatic heterocycles. The Labute approximate surface area is 91.5 Å². The second-order valence-corrected chi connectivity index (χ2v) is 4.30. The predicted octanol–water partition coefficient (Wildman–Crippen LogP) is 2.11. The topological polar surface area (TPSA) is 28.2 Å². The van der Waals surface area contributed by atoms with E-state index >= 15 is 0 Å². The minimum atomic E-state index is 0.800. The first-order valence-corrected chi connectivity index (χ1v) is 5.62. The molecule has 0 unspecified atom stereocenters. The van der Waals surface area contributed by atoms with Crippen molar-refractivity contribution in [3.05, 3.63) is 23.9 Å². The molecule has 0 atom stereocenters. The lowest BCUT2D eigenvalue weighted by Gasteiger charge is -2.34. The van der Waals surface area contributed by atoms with Gasteiger partial charge in [0.1, 0.15) is 5.82 Å². The van der Waals surface area contributed by atoms with Crippen molar-refractivity contribution >= 4 is 5.82 Å². The van der Waals surface area contributed by atoms with Crippen LogP contribution in [0.4, 0.5) is 5.82 Å². The molecular formula is C12H19N3. The summed E-state index contributed by atoms with van der Waals surface area (Å²) in [5, 5.41) is 3.03. The summed E-state index contributed by atoms with van der Waals surface area (Å²) in [5.74, 6) is 0.935. The number of pyridine rings is 1. The molecule has 1 aliphatic rings. The van der Waals surface area contributed by atoms with E-state index in [4.69, 9.17) is 0 Å². The molecule has 1 saturated carbocycles. The Morgan fingerprint density at radius 3 is 2.73 bits per heavy atom. The summed E-state index contributed by atoms with van der Waals surface area (Å²) in [7, 11) is 4.10. The van der Waals surface area contributed by atoms with E-state index in [1.165, 1.54) is 24.8 Å². The van der Waals surface area contributed by atoms with Crippen LogP contribution < -0.4 is 5.32 Å². The Kier molecular flexibility index (Phi) is 3.21. The Morgan fingerprint density at radius 2 is 2.27 bits per heavy atom. The highest BCUT2D eigenvalue weighted by atomic mass is 15.1. The van der Waals surface area contributed by atoms with E-state index in [9.17, 15) is 0 Å². The van der Waals surface area contributed by atoms with Crippen LogP contribution in [0.25, 0.3) is 0 Å². The Balaban J connectivity index is 1.91. The monoisotopic (exact) mass is 205 g/mol. The van der Waals surface area contributed by atoms with Crippen molar-refractivity contribution in [2.24, 2.45) is 0 Å². The van der Waals surface area contributed by atoms with Crippen molar-refractivity contribution in [2.75, 3.05) is 19.4 Å². The van der Waals surface area contributed by atoms with Gasteiger partial charge in [-0.05, 0) is 31.5 Å². The van der Waals surface area contributed by atoms with Crippen molar-refractivity contribution in [3.8, 4) is 0 Å². The van der Waals surface area contributed by atoms with Crippen LogP contribution in [0.15, 0.2) is 18.3 Å². The van der Waals surface area contributed by atoms with Gasteiger partial charge in [0.05, 0.1) is 0 Å². The van der Waals surface area contributed by atoms with E-state index in [1.807, 2.05) is 19.3 Å². The maximum atomic E-state index is 4.32. The van der Waals surface area contributed by atoms with Crippen LogP contribution in [0.5, 0.6) is 0 Å². The summed E-state index contributed by atoms with van der Waals surface area (Å²) in [6.07, 6.45) is 6.07. The first-order valence-electron chi connectivity index (χ1n) is 5.62. The van der Waals surface area contributed by atoms with Crippen molar-refractivity contribution in [1.29, 1.82) is 0 Å². The minimum Gasteiger partial charge on any atom is -0.373 e. The van der Waals surface area contributed by atoms with Gasteiger partial charge in [0.15, 0.2) is 0 Å². The van der Waals surface area contributed by atoms with Crippen molar-refractivity contribution < 1.29 is 0 Å². The molecule has 1 N–H and O–H groups in total. The van der Waals surface area contributed by atoms with Gasteiger partial charge < -0.3 is 5.32 Å². The van der Waals surface area contributed by atoms with E-state index in [0.717, 1.165) is 18.4 Å². The lowest BCUT2D eigenvalue weighted by atomic mass is 9.92. The van der Waals surface area contributed by atoms with E-state index in [2.05, 4.69) is 28.3 Å². The predicted molar refractivity (Wildman–Crippen MR) is 62.9 cm³/mol. The van der Waals surface area contributed by atoms with E-state index in [1.54, 1.807) is 0 Å². The molecule has 0 aliphatic heterocycles. The lowest BCUT2D eigenvalue weighted by Crippen LogP contribution is -2.36. The fourth-order valence-corrected chi connectivity index (χ4v) is 1.91. The third-order valence-corrected chi connectivity index (χ3v) is 3.21. The van der Waals surface area contributed by atoms with E-state index in [0.29, 0.717) is 0 Å². The first kappa shape index (κ1) is 10.4.